The lowest BCUT2D eigenvalue weighted by atomic mass is 10.0. The molecule has 0 amide bonds. The molecule has 6 heteroatoms. The summed E-state index contributed by atoms with van der Waals surface area (Å²) in [6.07, 6.45) is 84.9. The van der Waals surface area contributed by atoms with Gasteiger partial charge in [0.15, 0.2) is 6.10 Å². The Balaban J connectivity index is 4.01. The van der Waals surface area contributed by atoms with Gasteiger partial charge in [0.1, 0.15) is 13.2 Å². The summed E-state index contributed by atoms with van der Waals surface area (Å²) in [5.41, 5.74) is 0. The van der Waals surface area contributed by atoms with Crippen LogP contribution in [0.2, 0.25) is 0 Å². The maximum Gasteiger partial charge on any atom is 0.306 e. The normalized spacial score (nSPS) is 12.2. The lowest BCUT2D eigenvalue weighted by Gasteiger charge is -2.18. The molecule has 0 spiro atoms. The summed E-state index contributed by atoms with van der Waals surface area (Å²) in [6, 6.07) is 0. The van der Waals surface area contributed by atoms with Gasteiger partial charge in [0.25, 0.3) is 0 Å². The van der Waals surface area contributed by atoms with Gasteiger partial charge in [-0.2, -0.15) is 0 Å². The molecule has 6 nitrogen and oxygen atoms in total. The number of carbonyl (C=O) groups is 3. The zero-order valence-corrected chi connectivity index (χ0v) is 53.4. The third-order valence-electron chi connectivity index (χ3n) is 16.1. The van der Waals surface area contributed by atoms with Crippen LogP contribution in [-0.4, -0.2) is 37.2 Å². The molecule has 0 radical (unpaired) electrons. The van der Waals surface area contributed by atoms with E-state index < -0.39 is 6.10 Å². The lowest BCUT2D eigenvalue weighted by Crippen LogP contribution is -2.30. The molecule has 0 bridgehead atoms. The van der Waals surface area contributed by atoms with Crippen molar-refractivity contribution in [2.24, 2.45) is 0 Å². The van der Waals surface area contributed by atoms with E-state index in [9.17, 15) is 14.4 Å². The largest absolute Gasteiger partial charge is 0.462 e. The minimum atomic E-state index is -0.776. The SMILES string of the molecule is CCCC/C=C\C/C=C\CCCCCCCC(=O)OC(COC(=O)CCCCCCCCCCCCCC)COC(=O)CCCCCCCCCCCCCCCCCCCCCCCCC/C=C\CCCCCCCCCC. The fourth-order valence-corrected chi connectivity index (χ4v) is 10.8. The van der Waals surface area contributed by atoms with Crippen LogP contribution in [0.15, 0.2) is 36.5 Å². The van der Waals surface area contributed by atoms with E-state index in [0.717, 1.165) is 83.5 Å². The molecule has 0 aliphatic heterocycles. The molecule has 0 aliphatic rings. The fraction of sp³-hybridized carbons (Fsp3) is 0.877. The first-order valence-corrected chi connectivity index (χ1v) is 35.5. The van der Waals surface area contributed by atoms with E-state index in [4.69, 9.17) is 14.2 Å². The van der Waals surface area contributed by atoms with Gasteiger partial charge in [-0.1, -0.05) is 340 Å². The van der Waals surface area contributed by atoms with Gasteiger partial charge in [-0.15, -0.1) is 0 Å². The van der Waals surface area contributed by atoms with Crippen molar-refractivity contribution in [3.63, 3.8) is 0 Å². The second-order valence-electron chi connectivity index (χ2n) is 24.1. The monoisotopic (exact) mass is 1110 g/mol. The molecule has 0 rings (SSSR count). The molecule has 1 atom stereocenters. The summed E-state index contributed by atoms with van der Waals surface area (Å²) in [6.45, 7) is 6.64. The Morgan fingerprint density at radius 1 is 0.253 bits per heavy atom. The number of ether oxygens (including phenoxy) is 3. The standard InChI is InChI=1S/C73H136O6/c1-4-7-10-13-16-19-22-25-27-28-29-30-31-32-33-34-35-36-37-38-39-40-41-42-43-44-45-46-47-49-51-54-57-60-63-66-72(75)78-69-70(68-77-71(74)65-62-59-56-53-50-24-21-18-15-12-9-6-3)79-73(76)67-64-61-58-55-52-48-26-23-20-17-14-11-8-5-2/h14,17,23,26,28-29,70H,4-13,15-16,18-22,24-25,27,30-69H2,1-3H3/b17-14-,26-23-,29-28-. The average molecular weight is 1110 g/mol. The summed E-state index contributed by atoms with van der Waals surface area (Å²) in [5, 5.41) is 0. The highest BCUT2D eigenvalue weighted by Crippen LogP contribution is 2.18. The molecule has 79 heavy (non-hydrogen) atoms. The quantitative estimate of drug-likeness (QED) is 0.0261. The molecule has 0 aromatic heterocycles. The molecule has 464 valence electrons. The molecular weight excluding hydrogens is 973 g/mol. The fourth-order valence-electron chi connectivity index (χ4n) is 10.8. The smallest absolute Gasteiger partial charge is 0.306 e. The van der Waals surface area contributed by atoms with Crippen LogP contribution in [0.1, 0.15) is 393 Å². The number of esters is 3. The Morgan fingerprint density at radius 2 is 0.468 bits per heavy atom. The van der Waals surface area contributed by atoms with Gasteiger partial charge in [0, 0.05) is 19.3 Å². The van der Waals surface area contributed by atoms with Crippen molar-refractivity contribution in [1.82, 2.24) is 0 Å². The van der Waals surface area contributed by atoms with Crippen molar-refractivity contribution >= 4 is 17.9 Å². The van der Waals surface area contributed by atoms with Crippen LogP contribution in [0.4, 0.5) is 0 Å². The maximum absolute atomic E-state index is 12.9. The van der Waals surface area contributed by atoms with Crippen molar-refractivity contribution in [2.75, 3.05) is 13.2 Å². The van der Waals surface area contributed by atoms with Crippen LogP contribution in [-0.2, 0) is 28.6 Å². The Morgan fingerprint density at radius 3 is 0.747 bits per heavy atom. The van der Waals surface area contributed by atoms with E-state index in [1.54, 1.807) is 0 Å². The molecule has 0 saturated carbocycles. The van der Waals surface area contributed by atoms with Gasteiger partial charge in [-0.3, -0.25) is 14.4 Å². The summed E-state index contributed by atoms with van der Waals surface area (Å²) >= 11 is 0. The van der Waals surface area contributed by atoms with Crippen molar-refractivity contribution in [1.29, 1.82) is 0 Å². The minimum Gasteiger partial charge on any atom is -0.462 e. The van der Waals surface area contributed by atoms with Crippen LogP contribution >= 0.6 is 0 Å². The van der Waals surface area contributed by atoms with E-state index in [0.29, 0.717) is 19.3 Å². The number of hydrogen-bond donors (Lipinski definition) is 0. The predicted molar refractivity (Wildman–Crippen MR) is 344 cm³/mol. The number of hydrogen-bond acceptors (Lipinski definition) is 6. The summed E-state index contributed by atoms with van der Waals surface area (Å²) in [4.78, 5) is 38.3. The van der Waals surface area contributed by atoms with Crippen LogP contribution in [0, 0.1) is 0 Å². The first kappa shape index (κ1) is 76.6. The average Bonchev–Trinajstić information content (AvgIpc) is 3.45. The maximum atomic E-state index is 12.9. The van der Waals surface area contributed by atoms with Gasteiger partial charge in [-0.05, 0) is 70.6 Å². The van der Waals surface area contributed by atoms with Crippen molar-refractivity contribution in [2.45, 2.75) is 399 Å². The molecule has 0 aromatic rings. The van der Waals surface area contributed by atoms with E-state index >= 15 is 0 Å². The molecule has 0 aliphatic carbocycles. The van der Waals surface area contributed by atoms with Crippen LogP contribution in [0.3, 0.4) is 0 Å². The van der Waals surface area contributed by atoms with Crippen molar-refractivity contribution < 1.29 is 28.6 Å². The Hall–Kier alpha value is -2.37. The van der Waals surface area contributed by atoms with Crippen LogP contribution in [0.25, 0.3) is 0 Å². The molecule has 0 aromatic carbocycles. The number of rotatable bonds is 66. The Bertz CT molecular complexity index is 1320. The lowest BCUT2D eigenvalue weighted by molar-refractivity contribution is -0.167. The zero-order chi connectivity index (χ0) is 57.1. The predicted octanol–water partition coefficient (Wildman–Crippen LogP) is 24.3. The molecule has 0 saturated heterocycles. The number of allylic oxidation sites excluding steroid dienone is 6. The van der Waals surface area contributed by atoms with Crippen LogP contribution in [0.5, 0.6) is 0 Å². The highest BCUT2D eigenvalue weighted by Gasteiger charge is 2.19. The molecule has 0 fully saturated rings. The highest BCUT2D eigenvalue weighted by molar-refractivity contribution is 5.71. The van der Waals surface area contributed by atoms with E-state index in [1.807, 2.05) is 0 Å². The van der Waals surface area contributed by atoms with Gasteiger partial charge < -0.3 is 14.2 Å². The highest BCUT2D eigenvalue weighted by atomic mass is 16.6. The molecular formula is C73H136O6. The zero-order valence-electron chi connectivity index (χ0n) is 53.4. The Kier molecular flexibility index (Phi) is 66.1. The summed E-state index contributed by atoms with van der Waals surface area (Å²) in [5.74, 6) is -0.862. The third-order valence-corrected chi connectivity index (χ3v) is 16.1. The second kappa shape index (κ2) is 68.1. The first-order chi connectivity index (χ1) is 39.0. The Labute approximate surface area is 493 Å². The topological polar surface area (TPSA) is 78.9 Å². The third kappa shape index (κ3) is 66.3. The van der Waals surface area contributed by atoms with Crippen molar-refractivity contribution in [3.05, 3.63) is 36.5 Å². The first-order valence-electron chi connectivity index (χ1n) is 35.5. The summed E-state index contributed by atoms with van der Waals surface area (Å²) in [7, 11) is 0. The number of carbonyl (C=O) groups excluding carboxylic acids is 3. The van der Waals surface area contributed by atoms with Crippen LogP contribution < -0.4 is 0 Å². The van der Waals surface area contributed by atoms with E-state index in [-0.39, 0.29) is 31.1 Å². The van der Waals surface area contributed by atoms with Gasteiger partial charge >= 0.3 is 17.9 Å². The second-order valence-corrected chi connectivity index (χ2v) is 24.1. The number of unbranched alkanes of at least 4 members (excludes halogenated alkanes) is 49. The van der Waals surface area contributed by atoms with Crippen molar-refractivity contribution in [3.8, 4) is 0 Å². The van der Waals surface area contributed by atoms with E-state index in [1.165, 1.54) is 270 Å². The van der Waals surface area contributed by atoms with Gasteiger partial charge in [0.2, 0.25) is 0 Å². The van der Waals surface area contributed by atoms with Gasteiger partial charge in [0.05, 0.1) is 0 Å². The van der Waals surface area contributed by atoms with E-state index in [2.05, 4.69) is 57.2 Å². The van der Waals surface area contributed by atoms with Gasteiger partial charge in [-0.25, -0.2) is 0 Å². The molecule has 0 N–H and O–H groups in total. The minimum absolute atomic E-state index is 0.0724. The molecule has 0 heterocycles. The summed E-state index contributed by atoms with van der Waals surface area (Å²) < 4.78 is 16.9. The molecule has 1 unspecified atom stereocenters.